The summed E-state index contributed by atoms with van der Waals surface area (Å²) in [5.74, 6) is -0.796. The van der Waals surface area contributed by atoms with E-state index >= 15 is 0 Å². The van der Waals surface area contributed by atoms with Crippen LogP contribution in [-0.4, -0.2) is 23.6 Å². The number of nitrogens with one attached hydrogen (secondary N) is 1. The van der Waals surface area contributed by atoms with Crippen molar-refractivity contribution in [1.82, 2.24) is 5.32 Å². The maximum absolute atomic E-state index is 11.3. The molecule has 0 heterocycles. The SMILES string of the molecule is CCOC(=O)CC(=O)NCc1cccc(O)c1. The average molecular weight is 237 g/mol. The summed E-state index contributed by atoms with van der Waals surface area (Å²) in [4.78, 5) is 22.3. The molecule has 5 nitrogen and oxygen atoms in total. The second kappa shape index (κ2) is 6.52. The molecule has 1 aromatic carbocycles. The van der Waals surface area contributed by atoms with Crippen molar-refractivity contribution >= 4 is 11.9 Å². The number of carbonyl (C=O) groups is 2. The van der Waals surface area contributed by atoms with Gasteiger partial charge in [-0.3, -0.25) is 9.59 Å². The van der Waals surface area contributed by atoms with Gasteiger partial charge in [0, 0.05) is 6.54 Å². The number of phenols is 1. The first-order valence-corrected chi connectivity index (χ1v) is 5.32. The molecule has 0 fully saturated rings. The van der Waals surface area contributed by atoms with Crippen LogP contribution >= 0.6 is 0 Å². The molecule has 17 heavy (non-hydrogen) atoms. The number of benzene rings is 1. The monoisotopic (exact) mass is 237 g/mol. The first-order chi connectivity index (χ1) is 8.11. The third kappa shape index (κ3) is 5.01. The molecule has 2 N–H and O–H groups in total. The van der Waals surface area contributed by atoms with Gasteiger partial charge < -0.3 is 15.2 Å². The van der Waals surface area contributed by atoms with Crippen LogP contribution in [0.15, 0.2) is 24.3 Å². The number of amides is 1. The van der Waals surface area contributed by atoms with Crippen LogP contribution in [0.4, 0.5) is 0 Å². The molecule has 1 aromatic rings. The lowest BCUT2D eigenvalue weighted by atomic mass is 10.2. The van der Waals surface area contributed by atoms with E-state index in [0.29, 0.717) is 0 Å². The van der Waals surface area contributed by atoms with Crippen molar-refractivity contribution in [3.8, 4) is 5.75 Å². The highest BCUT2D eigenvalue weighted by molar-refractivity contribution is 5.94. The summed E-state index contributed by atoms with van der Waals surface area (Å²) in [7, 11) is 0. The number of ether oxygens (including phenoxy) is 1. The number of aromatic hydroxyl groups is 1. The Bertz CT molecular complexity index is 403. The topological polar surface area (TPSA) is 75.6 Å². The van der Waals surface area contributed by atoms with Crippen molar-refractivity contribution in [1.29, 1.82) is 0 Å². The second-order valence-electron chi connectivity index (χ2n) is 3.43. The fraction of sp³-hybridized carbons (Fsp3) is 0.333. The van der Waals surface area contributed by atoms with Gasteiger partial charge in [0.1, 0.15) is 12.2 Å². The molecule has 0 saturated heterocycles. The Hall–Kier alpha value is -2.04. The largest absolute Gasteiger partial charge is 0.508 e. The fourth-order valence-electron chi connectivity index (χ4n) is 1.27. The molecule has 0 aromatic heterocycles. The standard InChI is InChI=1S/C12H15NO4/c1-2-17-12(16)7-11(15)13-8-9-4-3-5-10(14)6-9/h3-6,14H,2,7-8H2,1H3,(H,13,15). The van der Waals surface area contributed by atoms with Gasteiger partial charge in [-0.25, -0.2) is 0 Å². The van der Waals surface area contributed by atoms with E-state index in [9.17, 15) is 14.7 Å². The third-order valence-corrected chi connectivity index (χ3v) is 2.01. The zero-order valence-corrected chi connectivity index (χ0v) is 9.60. The Morgan fingerprint density at radius 2 is 2.18 bits per heavy atom. The summed E-state index contributed by atoms with van der Waals surface area (Å²) in [6.07, 6.45) is -0.285. The molecule has 0 aliphatic heterocycles. The smallest absolute Gasteiger partial charge is 0.315 e. The van der Waals surface area contributed by atoms with Crippen LogP contribution in [0.3, 0.4) is 0 Å². The van der Waals surface area contributed by atoms with Gasteiger partial charge in [0.25, 0.3) is 0 Å². The first-order valence-electron chi connectivity index (χ1n) is 5.32. The molecule has 0 unspecified atom stereocenters. The molecule has 0 atom stereocenters. The maximum atomic E-state index is 11.3. The number of hydrogen-bond donors (Lipinski definition) is 2. The molecule has 0 radical (unpaired) electrons. The highest BCUT2D eigenvalue weighted by atomic mass is 16.5. The van der Waals surface area contributed by atoms with Crippen molar-refractivity contribution in [3.63, 3.8) is 0 Å². The molecular formula is C12H15NO4. The average Bonchev–Trinajstić information content (AvgIpc) is 2.27. The van der Waals surface area contributed by atoms with Crippen LogP contribution in [-0.2, 0) is 20.9 Å². The minimum atomic E-state index is -0.541. The predicted octanol–water partition coefficient (Wildman–Crippen LogP) is 0.962. The summed E-state index contributed by atoms with van der Waals surface area (Å²) in [6.45, 7) is 2.22. The number of esters is 1. The van der Waals surface area contributed by atoms with Gasteiger partial charge in [0.05, 0.1) is 6.61 Å². The molecule has 92 valence electrons. The number of rotatable bonds is 5. The van der Waals surface area contributed by atoms with Crippen LogP contribution in [0.2, 0.25) is 0 Å². The summed E-state index contributed by atoms with van der Waals surface area (Å²) in [5, 5.41) is 11.8. The minimum absolute atomic E-state index is 0.141. The summed E-state index contributed by atoms with van der Waals surface area (Å²) in [5.41, 5.74) is 0.766. The lowest BCUT2D eigenvalue weighted by molar-refractivity contribution is -0.146. The van der Waals surface area contributed by atoms with E-state index in [1.165, 1.54) is 0 Å². The van der Waals surface area contributed by atoms with Crippen LogP contribution in [0.1, 0.15) is 18.9 Å². The van der Waals surface area contributed by atoms with Crippen molar-refractivity contribution in [2.45, 2.75) is 19.9 Å². The highest BCUT2D eigenvalue weighted by Crippen LogP contribution is 2.10. The van der Waals surface area contributed by atoms with E-state index in [1.807, 2.05) is 0 Å². The first kappa shape index (κ1) is 13.0. The highest BCUT2D eigenvalue weighted by Gasteiger charge is 2.09. The van der Waals surface area contributed by atoms with E-state index < -0.39 is 11.9 Å². The molecule has 1 rings (SSSR count). The van der Waals surface area contributed by atoms with Gasteiger partial charge in [-0.05, 0) is 24.6 Å². The maximum Gasteiger partial charge on any atom is 0.315 e. The zero-order valence-electron chi connectivity index (χ0n) is 9.60. The third-order valence-electron chi connectivity index (χ3n) is 2.01. The normalized spacial score (nSPS) is 9.71. The Balaban J connectivity index is 2.35. The van der Waals surface area contributed by atoms with Gasteiger partial charge in [-0.15, -0.1) is 0 Å². The Morgan fingerprint density at radius 1 is 1.41 bits per heavy atom. The Labute approximate surface area is 99.4 Å². The van der Waals surface area contributed by atoms with E-state index in [4.69, 9.17) is 0 Å². The molecule has 0 aliphatic carbocycles. The fourth-order valence-corrected chi connectivity index (χ4v) is 1.27. The molecule has 0 spiro atoms. The van der Waals surface area contributed by atoms with E-state index in [-0.39, 0.29) is 25.3 Å². The van der Waals surface area contributed by atoms with Crippen molar-refractivity contribution < 1.29 is 19.4 Å². The van der Waals surface area contributed by atoms with Crippen molar-refractivity contribution in [2.24, 2.45) is 0 Å². The van der Waals surface area contributed by atoms with Gasteiger partial charge in [-0.2, -0.15) is 0 Å². The van der Waals surface area contributed by atoms with Crippen LogP contribution in [0.25, 0.3) is 0 Å². The van der Waals surface area contributed by atoms with Gasteiger partial charge in [-0.1, -0.05) is 12.1 Å². The van der Waals surface area contributed by atoms with Crippen LogP contribution < -0.4 is 5.32 Å². The molecule has 5 heteroatoms. The summed E-state index contributed by atoms with van der Waals surface area (Å²) >= 11 is 0. The van der Waals surface area contributed by atoms with Crippen LogP contribution in [0.5, 0.6) is 5.75 Å². The van der Waals surface area contributed by atoms with Gasteiger partial charge in [0.15, 0.2) is 0 Å². The zero-order chi connectivity index (χ0) is 12.7. The molecule has 0 bridgehead atoms. The molecular weight excluding hydrogens is 222 g/mol. The molecule has 1 amide bonds. The lowest BCUT2D eigenvalue weighted by Crippen LogP contribution is -2.26. The number of phenolic OH excluding ortho intramolecular Hbond substituents is 1. The van der Waals surface area contributed by atoms with E-state index in [0.717, 1.165) is 5.56 Å². The van der Waals surface area contributed by atoms with Crippen LogP contribution in [0, 0.1) is 0 Å². The quantitative estimate of drug-likeness (QED) is 0.591. The predicted molar refractivity (Wildman–Crippen MR) is 61.2 cm³/mol. The number of hydrogen-bond acceptors (Lipinski definition) is 4. The Kier molecular flexibility index (Phi) is 5.00. The molecule has 0 saturated carbocycles. The molecule has 0 aliphatic rings. The summed E-state index contributed by atoms with van der Waals surface area (Å²) < 4.78 is 4.64. The van der Waals surface area contributed by atoms with Gasteiger partial charge >= 0.3 is 5.97 Å². The van der Waals surface area contributed by atoms with E-state index in [1.54, 1.807) is 31.2 Å². The summed E-state index contributed by atoms with van der Waals surface area (Å²) in [6, 6.07) is 6.54. The van der Waals surface area contributed by atoms with Crippen molar-refractivity contribution in [2.75, 3.05) is 6.61 Å². The lowest BCUT2D eigenvalue weighted by Gasteiger charge is -2.05. The second-order valence-corrected chi connectivity index (χ2v) is 3.43. The Morgan fingerprint density at radius 3 is 2.82 bits per heavy atom. The van der Waals surface area contributed by atoms with E-state index in [2.05, 4.69) is 10.1 Å². The minimum Gasteiger partial charge on any atom is -0.508 e. The number of carbonyl (C=O) groups excluding carboxylic acids is 2. The van der Waals surface area contributed by atoms with Gasteiger partial charge in [0.2, 0.25) is 5.91 Å². The van der Waals surface area contributed by atoms with Crippen molar-refractivity contribution in [3.05, 3.63) is 29.8 Å².